The van der Waals surface area contributed by atoms with Crippen molar-refractivity contribution < 1.29 is 19.1 Å². The molecule has 0 saturated heterocycles. The predicted octanol–water partition coefficient (Wildman–Crippen LogP) is 7.33. The summed E-state index contributed by atoms with van der Waals surface area (Å²) in [5.74, 6) is 0.167. The van der Waals surface area contributed by atoms with Crippen molar-refractivity contribution in [2.75, 3.05) is 18.5 Å². The van der Waals surface area contributed by atoms with Crippen molar-refractivity contribution in [3.63, 3.8) is 0 Å². The summed E-state index contributed by atoms with van der Waals surface area (Å²) < 4.78 is 12.0. The molecule has 5 nitrogen and oxygen atoms in total. The second kappa shape index (κ2) is 12.2. The summed E-state index contributed by atoms with van der Waals surface area (Å²) in [5, 5.41) is 5.32. The molecule has 1 amide bonds. The van der Waals surface area contributed by atoms with Gasteiger partial charge in [-0.05, 0) is 78.4 Å². The molecule has 0 bridgehead atoms. The van der Waals surface area contributed by atoms with Crippen LogP contribution in [-0.4, -0.2) is 25.1 Å². The van der Waals surface area contributed by atoms with Crippen molar-refractivity contribution >= 4 is 44.1 Å². The quantitative estimate of drug-likeness (QED) is 0.214. The number of benzene rings is 2. The van der Waals surface area contributed by atoms with Crippen LogP contribution in [0.5, 0.6) is 5.75 Å². The van der Waals surface area contributed by atoms with E-state index in [1.807, 2.05) is 49.6 Å². The minimum atomic E-state index is -0.433. The van der Waals surface area contributed by atoms with Crippen LogP contribution in [-0.2, 0) is 16.0 Å². The molecule has 0 atom stereocenters. The number of ether oxygens (including phenoxy) is 2. The van der Waals surface area contributed by atoms with E-state index in [-0.39, 0.29) is 18.9 Å². The maximum Gasteiger partial charge on any atom is 0.341 e. The Kier molecular flexibility index (Phi) is 9.30. The minimum Gasteiger partial charge on any atom is -0.492 e. The lowest BCUT2D eigenvalue weighted by Gasteiger charge is -2.11. The summed E-state index contributed by atoms with van der Waals surface area (Å²) in [5.41, 5.74) is 5.59. The van der Waals surface area contributed by atoms with E-state index in [4.69, 9.17) is 9.47 Å². The van der Waals surface area contributed by atoms with Gasteiger partial charge in [-0.2, -0.15) is 0 Å². The number of aryl methyl sites for hydroxylation is 3. The fourth-order valence-electron chi connectivity index (χ4n) is 3.66. The van der Waals surface area contributed by atoms with Crippen molar-refractivity contribution in [1.29, 1.82) is 0 Å². The van der Waals surface area contributed by atoms with Crippen LogP contribution in [0, 0.1) is 13.8 Å². The van der Waals surface area contributed by atoms with E-state index in [1.54, 1.807) is 6.92 Å². The summed E-state index contributed by atoms with van der Waals surface area (Å²) in [4.78, 5) is 25.4. The van der Waals surface area contributed by atoms with Gasteiger partial charge in [0, 0.05) is 17.4 Å². The highest BCUT2D eigenvalue weighted by molar-refractivity contribution is 9.10. The molecule has 3 aromatic rings. The summed E-state index contributed by atoms with van der Waals surface area (Å²) in [6, 6.07) is 12.1. The molecule has 0 spiro atoms. The molecule has 2 aromatic carbocycles. The third-order valence-corrected chi connectivity index (χ3v) is 6.92. The molecule has 3 rings (SSSR count). The summed E-state index contributed by atoms with van der Waals surface area (Å²) in [6.07, 6.45) is 1.79. The zero-order valence-electron chi connectivity index (χ0n) is 20.0. The second-order valence-electron chi connectivity index (χ2n) is 8.01. The van der Waals surface area contributed by atoms with Crippen LogP contribution >= 0.6 is 27.3 Å². The van der Waals surface area contributed by atoms with Crippen LogP contribution in [0.2, 0.25) is 0 Å². The van der Waals surface area contributed by atoms with Gasteiger partial charge in [0.1, 0.15) is 16.3 Å². The zero-order chi connectivity index (χ0) is 24.7. The van der Waals surface area contributed by atoms with Crippen molar-refractivity contribution in [1.82, 2.24) is 0 Å². The minimum absolute atomic E-state index is 0.163. The largest absolute Gasteiger partial charge is 0.492 e. The zero-order valence-corrected chi connectivity index (χ0v) is 22.4. The second-order valence-corrected chi connectivity index (χ2v) is 9.74. The Morgan fingerprint density at radius 1 is 1.06 bits per heavy atom. The number of carbonyl (C=O) groups excluding carboxylic acids is 2. The maximum atomic E-state index is 12.8. The van der Waals surface area contributed by atoms with E-state index < -0.39 is 5.97 Å². The monoisotopic (exact) mass is 543 g/mol. The molecule has 0 fully saturated rings. The van der Waals surface area contributed by atoms with E-state index in [1.165, 1.54) is 16.9 Å². The summed E-state index contributed by atoms with van der Waals surface area (Å²) >= 11 is 4.87. The van der Waals surface area contributed by atoms with E-state index in [2.05, 4.69) is 34.2 Å². The Bertz CT molecular complexity index is 1170. The van der Waals surface area contributed by atoms with Gasteiger partial charge in [0.25, 0.3) is 0 Å². The molecule has 0 aliphatic rings. The first-order valence-electron chi connectivity index (χ1n) is 11.4. The molecule has 7 heteroatoms. The first kappa shape index (κ1) is 26.0. The first-order valence-corrected chi connectivity index (χ1v) is 13.1. The number of anilines is 1. The fourth-order valence-corrected chi connectivity index (χ4v) is 5.16. The number of amides is 1. The van der Waals surface area contributed by atoms with E-state index >= 15 is 0 Å². The molecular formula is C27H30BrNO4S. The van der Waals surface area contributed by atoms with Gasteiger partial charge in [-0.15, -0.1) is 11.3 Å². The topological polar surface area (TPSA) is 64.6 Å². The Balaban J connectivity index is 1.66. The molecule has 1 aromatic heterocycles. The molecule has 34 heavy (non-hydrogen) atoms. The van der Waals surface area contributed by atoms with Crippen LogP contribution in [0.4, 0.5) is 5.00 Å². The van der Waals surface area contributed by atoms with E-state index in [9.17, 15) is 9.59 Å². The van der Waals surface area contributed by atoms with Crippen molar-refractivity contribution in [3.05, 3.63) is 68.5 Å². The average molecular weight is 545 g/mol. The van der Waals surface area contributed by atoms with Crippen LogP contribution in [0.15, 0.2) is 46.3 Å². The third kappa shape index (κ3) is 6.48. The van der Waals surface area contributed by atoms with E-state index in [0.717, 1.165) is 38.9 Å². The molecule has 0 unspecified atom stereocenters. The standard InChI is InChI=1S/C27H30BrNO4S/c1-5-19-10-12-23(22(28)15-19)33-13-7-8-24(30)29-26-25(27(31)32-6-2)21(16-34-26)20-11-9-17(3)14-18(20)4/h9-12,14-16H,5-8,13H2,1-4H3,(H,29,30). The number of rotatable bonds is 10. The lowest BCUT2D eigenvalue weighted by atomic mass is 9.97. The van der Waals surface area contributed by atoms with Gasteiger partial charge in [0.2, 0.25) is 5.91 Å². The number of halogens is 1. The molecule has 0 aliphatic carbocycles. The smallest absolute Gasteiger partial charge is 0.341 e. The van der Waals surface area contributed by atoms with Crippen LogP contribution in [0.3, 0.4) is 0 Å². The van der Waals surface area contributed by atoms with Gasteiger partial charge in [-0.3, -0.25) is 4.79 Å². The highest BCUT2D eigenvalue weighted by Gasteiger charge is 2.23. The van der Waals surface area contributed by atoms with E-state index in [0.29, 0.717) is 23.6 Å². The van der Waals surface area contributed by atoms with Crippen molar-refractivity contribution in [2.24, 2.45) is 0 Å². The average Bonchev–Trinajstić information content (AvgIpc) is 3.20. The number of carbonyl (C=O) groups is 2. The molecule has 1 N–H and O–H groups in total. The lowest BCUT2D eigenvalue weighted by molar-refractivity contribution is -0.116. The van der Waals surface area contributed by atoms with Crippen molar-refractivity contribution in [2.45, 2.75) is 47.0 Å². The van der Waals surface area contributed by atoms with Gasteiger partial charge in [-0.25, -0.2) is 4.79 Å². The molecule has 0 radical (unpaired) electrons. The number of nitrogens with one attached hydrogen (secondary N) is 1. The van der Waals surface area contributed by atoms with Gasteiger partial charge in [-0.1, -0.05) is 36.8 Å². The van der Waals surface area contributed by atoms with Gasteiger partial charge in [0.05, 0.1) is 17.7 Å². The number of esters is 1. The molecule has 0 aliphatic heterocycles. The number of hydrogen-bond donors (Lipinski definition) is 1. The Morgan fingerprint density at radius 2 is 1.85 bits per heavy atom. The normalized spacial score (nSPS) is 10.7. The maximum absolute atomic E-state index is 12.8. The van der Waals surface area contributed by atoms with Gasteiger partial charge in [0.15, 0.2) is 0 Å². The number of thiophene rings is 1. The lowest BCUT2D eigenvalue weighted by Crippen LogP contribution is -2.15. The predicted molar refractivity (Wildman–Crippen MR) is 142 cm³/mol. The number of hydrogen-bond acceptors (Lipinski definition) is 5. The first-order chi connectivity index (χ1) is 16.3. The fraction of sp³-hybridized carbons (Fsp3) is 0.333. The summed E-state index contributed by atoms with van der Waals surface area (Å²) in [6.45, 7) is 8.60. The molecule has 180 valence electrons. The Hall–Kier alpha value is -2.64. The Labute approximate surface area is 213 Å². The van der Waals surface area contributed by atoms with Crippen LogP contribution in [0.1, 0.15) is 53.7 Å². The van der Waals surface area contributed by atoms with Crippen molar-refractivity contribution in [3.8, 4) is 16.9 Å². The van der Waals surface area contributed by atoms with Gasteiger partial charge >= 0.3 is 5.97 Å². The molecule has 0 saturated carbocycles. The third-order valence-electron chi connectivity index (χ3n) is 5.41. The molecular weight excluding hydrogens is 514 g/mol. The summed E-state index contributed by atoms with van der Waals surface area (Å²) in [7, 11) is 0. The Morgan fingerprint density at radius 3 is 2.53 bits per heavy atom. The highest BCUT2D eigenvalue weighted by Crippen LogP contribution is 2.38. The SMILES string of the molecule is CCOC(=O)c1c(-c2ccc(C)cc2C)csc1NC(=O)CCCOc1ccc(CC)cc1Br. The van der Waals surface area contributed by atoms with Crippen LogP contribution < -0.4 is 10.1 Å². The van der Waals surface area contributed by atoms with Crippen LogP contribution in [0.25, 0.3) is 11.1 Å². The molecule has 1 heterocycles. The van der Waals surface area contributed by atoms with Gasteiger partial charge < -0.3 is 14.8 Å². The highest BCUT2D eigenvalue weighted by atomic mass is 79.9.